The number of carboxylic acid groups (broad SMARTS) is 2. The summed E-state index contributed by atoms with van der Waals surface area (Å²) in [4.78, 5) is 28.5. The van der Waals surface area contributed by atoms with E-state index in [1.807, 2.05) is 11.6 Å². The van der Waals surface area contributed by atoms with E-state index >= 15 is 0 Å². The number of ether oxygens (including phenoxy) is 2. The van der Waals surface area contributed by atoms with Gasteiger partial charge in [-0.2, -0.15) is 26.3 Å². The molecule has 2 aromatic heterocycles. The quantitative estimate of drug-likeness (QED) is 0.536. The Kier molecular flexibility index (Phi) is 10.6. The van der Waals surface area contributed by atoms with Crippen LogP contribution in [0.2, 0.25) is 0 Å². The molecule has 3 atom stereocenters. The molecule has 0 aromatic carbocycles. The minimum Gasteiger partial charge on any atom is -0.475 e. The number of hydrogen-bond acceptors (Lipinski definition) is 8. The number of thiazole rings is 1. The lowest BCUT2D eigenvalue weighted by Gasteiger charge is -2.30. The molecule has 37 heavy (non-hydrogen) atoms. The van der Waals surface area contributed by atoms with Gasteiger partial charge in [0.25, 0.3) is 5.88 Å². The van der Waals surface area contributed by atoms with Gasteiger partial charge in [-0.1, -0.05) is 0 Å². The smallest absolute Gasteiger partial charge is 0.475 e. The van der Waals surface area contributed by atoms with Gasteiger partial charge in [-0.05, 0) is 25.0 Å². The summed E-state index contributed by atoms with van der Waals surface area (Å²) in [6.07, 6.45) is -5.08. The van der Waals surface area contributed by atoms with Crippen LogP contribution < -0.4 is 4.74 Å². The fraction of sp³-hybridized carbons (Fsp3) is 0.500. The summed E-state index contributed by atoms with van der Waals surface area (Å²) in [5.41, 5.74) is 0. The lowest BCUT2D eigenvalue weighted by atomic mass is 10.1. The van der Waals surface area contributed by atoms with Crippen molar-refractivity contribution in [1.29, 1.82) is 0 Å². The molecule has 0 radical (unpaired) electrons. The Balaban J connectivity index is 0.000000286. The Labute approximate surface area is 208 Å². The monoisotopic (exact) mass is 563 g/mol. The number of alkyl halides is 6. The first-order valence-corrected chi connectivity index (χ1v) is 11.2. The van der Waals surface area contributed by atoms with Crippen LogP contribution in [0.5, 0.6) is 5.88 Å². The molecule has 1 saturated carbocycles. The van der Waals surface area contributed by atoms with Gasteiger partial charge in [-0.3, -0.25) is 4.90 Å². The highest BCUT2D eigenvalue weighted by atomic mass is 32.1. The highest BCUT2D eigenvalue weighted by Crippen LogP contribution is 2.34. The number of aliphatic carboxylic acids is 2. The summed E-state index contributed by atoms with van der Waals surface area (Å²) >= 11 is 1.65. The third kappa shape index (κ3) is 9.40. The van der Waals surface area contributed by atoms with E-state index in [0.717, 1.165) is 30.9 Å². The number of halogens is 7. The summed E-state index contributed by atoms with van der Waals surface area (Å²) in [5, 5.41) is 17.3. The lowest BCUT2D eigenvalue weighted by Crippen LogP contribution is -2.44. The van der Waals surface area contributed by atoms with E-state index < -0.39 is 30.1 Å². The molecule has 2 bridgehead atoms. The average Bonchev–Trinajstić information content (AvgIpc) is 3.40. The molecule has 206 valence electrons. The Morgan fingerprint density at radius 3 is 2.22 bits per heavy atom. The molecule has 2 aromatic rings. The largest absolute Gasteiger partial charge is 0.490 e. The standard InChI is InChI=1S/C16H18FN3O2S.2C2HF3O2/c17-11-2-1-5-19-16(11)22-15-12-3-4-13(15)21-8-7-20(12)10-14-18-6-9-23-14;2*3-2(4,5)1(6)7/h1-2,5-6,9,12-13,15H,3-4,7-8,10H2;2*(H,6,7). The number of carboxylic acids is 2. The van der Waals surface area contributed by atoms with Gasteiger partial charge in [0.05, 0.1) is 19.3 Å². The van der Waals surface area contributed by atoms with Gasteiger partial charge in [0.1, 0.15) is 11.1 Å². The zero-order valence-electron chi connectivity index (χ0n) is 18.6. The fourth-order valence-electron chi connectivity index (χ4n) is 3.41. The average molecular weight is 563 g/mol. The number of carbonyl (C=O) groups is 2. The first-order valence-electron chi connectivity index (χ1n) is 10.3. The lowest BCUT2D eigenvalue weighted by molar-refractivity contribution is -0.193. The number of fused-ring (bicyclic) bond motifs is 2. The number of rotatable bonds is 4. The Bertz CT molecular complexity index is 999. The maximum atomic E-state index is 13.9. The van der Waals surface area contributed by atoms with Crippen LogP contribution in [0.3, 0.4) is 0 Å². The molecule has 0 spiro atoms. The molecule has 2 fully saturated rings. The molecule has 17 heteroatoms. The van der Waals surface area contributed by atoms with Crippen LogP contribution in [0, 0.1) is 5.82 Å². The highest BCUT2D eigenvalue weighted by Gasteiger charge is 2.44. The molecular weight excluding hydrogens is 543 g/mol. The van der Waals surface area contributed by atoms with Gasteiger partial charge in [0, 0.05) is 30.4 Å². The van der Waals surface area contributed by atoms with Gasteiger partial charge in [-0.15, -0.1) is 11.3 Å². The van der Waals surface area contributed by atoms with Crippen LogP contribution in [0.25, 0.3) is 0 Å². The predicted molar refractivity (Wildman–Crippen MR) is 111 cm³/mol. The summed E-state index contributed by atoms with van der Waals surface area (Å²) in [5.74, 6) is -5.88. The van der Waals surface area contributed by atoms with Crippen molar-refractivity contribution in [3.8, 4) is 5.88 Å². The number of aromatic nitrogens is 2. The zero-order chi connectivity index (χ0) is 27.8. The van der Waals surface area contributed by atoms with Crippen LogP contribution in [0.1, 0.15) is 17.8 Å². The van der Waals surface area contributed by atoms with Crippen molar-refractivity contribution in [3.05, 3.63) is 40.7 Å². The van der Waals surface area contributed by atoms with E-state index in [1.165, 1.54) is 6.07 Å². The molecule has 1 aliphatic heterocycles. The van der Waals surface area contributed by atoms with Gasteiger partial charge in [0.15, 0.2) is 5.82 Å². The summed E-state index contributed by atoms with van der Waals surface area (Å²) < 4.78 is 89.2. The number of nitrogens with zero attached hydrogens (tertiary/aromatic N) is 3. The predicted octanol–water partition coefficient (Wildman–Crippen LogP) is 3.75. The second-order valence-corrected chi connectivity index (χ2v) is 8.41. The minimum atomic E-state index is -5.08. The van der Waals surface area contributed by atoms with E-state index in [9.17, 15) is 30.7 Å². The third-order valence-electron chi connectivity index (χ3n) is 4.95. The molecule has 2 N–H and O–H groups in total. The van der Waals surface area contributed by atoms with Crippen LogP contribution in [0.4, 0.5) is 30.7 Å². The van der Waals surface area contributed by atoms with Gasteiger partial charge in [-0.25, -0.2) is 23.9 Å². The van der Waals surface area contributed by atoms with Crippen molar-refractivity contribution >= 4 is 23.3 Å². The molecule has 4 rings (SSSR count). The SMILES string of the molecule is Fc1cccnc1OC1C2CCC1N(Cc1nccs1)CCO2.O=C(O)C(F)(F)F.O=C(O)C(F)(F)F. The summed E-state index contributed by atoms with van der Waals surface area (Å²) in [7, 11) is 0. The molecule has 1 saturated heterocycles. The molecular formula is C20H20F7N3O6S. The van der Waals surface area contributed by atoms with Crippen molar-refractivity contribution in [2.45, 2.75) is 50.0 Å². The maximum Gasteiger partial charge on any atom is 0.490 e. The zero-order valence-corrected chi connectivity index (χ0v) is 19.4. The third-order valence-corrected chi connectivity index (χ3v) is 5.72. The molecule has 3 unspecified atom stereocenters. The van der Waals surface area contributed by atoms with Crippen LogP contribution in [0.15, 0.2) is 29.9 Å². The Hall–Kier alpha value is -3.05. The van der Waals surface area contributed by atoms with Crippen LogP contribution in [-0.4, -0.2) is 80.8 Å². The molecule has 0 amide bonds. The summed E-state index contributed by atoms with van der Waals surface area (Å²) in [6, 6.07) is 3.14. The summed E-state index contributed by atoms with van der Waals surface area (Å²) in [6.45, 7) is 2.28. The maximum absolute atomic E-state index is 13.9. The van der Waals surface area contributed by atoms with Crippen molar-refractivity contribution in [2.24, 2.45) is 0 Å². The highest BCUT2D eigenvalue weighted by molar-refractivity contribution is 7.09. The van der Waals surface area contributed by atoms with E-state index in [1.54, 1.807) is 23.6 Å². The molecule has 9 nitrogen and oxygen atoms in total. The number of pyridine rings is 1. The van der Waals surface area contributed by atoms with Crippen molar-refractivity contribution < 1.29 is 60.0 Å². The Morgan fingerprint density at radius 2 is 1.70 bits per heavy atom. The van der Waals surface area contributed by atoms with E-state index in [0.29, 0.717) is 6.61 Å². The van der Waals surface area contributed by atoms with E-state index in [4.69, 9.17) is 29.3 Å². The van der Waals surface area contributed by atoms with Gasteiger partial charge in [0.2, 0.25) is 0 Å². The van der Waals surface area contributed by atoms with Gasteiger partial charge < -0.3 is 19.7 Å². The first-order chi connectivity index (χ1) is 17.2. The number of hydrogen-bond donors (Lipinski definition) is 2. The van der Waals surface area contributed by atoms with Crippen molar-refractivity contribution in [3.63, 3.8) is 0 Å². The molecule has 3 heterocycles. The van der Waals surface area contributed by atoms with Gasteiger partial charge >= 0.3 is 24.3 Å². The second-order valence-electron chi connectivity index (χ2n) is 7.43. The Morgan fingerprint density at radius 1 is 1.08 bits per heavy atom. The topological polar surface area (TPSA) is 122 Å². The molecule has 1 aliphatic carbocycles. The first kappa shape index (κ1) is 30.2. The van der Waals surface area contributed by atoms with Crippen molar-refractivity contribution in [1.82, 2.24) is 14.9 Å². The normalized spacial score (nSPS) is 21.5. The van der Waals surface area contributed by atoms with Crippen molar-refractivity contribution in [2.75, 3.05) is 13.2 Å². The van der Waals surface area contributed by atoms with E-state index in [2.05, 4.69) is 14.9 Å². The fourth-order valence-corrected chi connectivity index (χ4v) is 4.05. The second kappa shape index (κ2) is 13.0. The van der Waals surface area contributed by atoms with E-state index in [-0.39, 0.29) is 24.1 Å². The minimum absolute atomic E-state index is 0.00250. The van der Waals surface area contributed by atoms with Crippen LogP contribution >= 0.6 is 11.3 Å². The molecule has 2 aliphatic rings. The van der Waals surface area contributed by atoms with Crippen LogP contribution in [-0.2, 0) is 20.9 Å².